The predicted molar refractivity (Wildman–Crippen MR) is 105 cm³/mol. The first-order valence-electron chi connectivity index (χ1n) is 9.93. The molecule has 25 heavy (non-hydrogen) atoms. The second kappa shape index (κ2) is 11.4. The minimum atomic E-state index is 0.777. The largest absolute Gasteiger partial charge is 0.493 e. The van der Waals surface area contributed by atoms with Gasteiger partial charge in [-0.2, -0.15) is 0 Å². The summed E-state index contributed by atoms with van der Waals surface area (Å²) >= 11 is 0. The summed E-state index contributed by atoms with van der Waals surface area (Å²) in [5.41, 5.74) is 1.34. The van der Waals surface area contributed by atoms with E-state index in [2.05, 4.69) is 42.0 Å². The van der Waals surface area contributed by atoms with Crippen molar-refractivity contribution in [1.29, 1.82) is 0 Å². The zero-order valence-electron chi connectivity index (χ0n) is 16.4. The lowest BCUT2D eigenvalue weighted by Crippen LogP contribution is -2.44. The van der Waals surface area contributed by atoms with Crippen LogP contribution in [0.3, 0.4) is 0 Å². The van der Waals surface area contributed by atoms with Gasteiger partial charge in [0.1, 0.15) is 0 Å². The molecule has 4 nitrogen and oxygen atoms in total. The summed E-state index contributed by atoms with van der Waals surface area (Å²) in [7, 11) is 3.93. The standard InChI is InChI=1S/C21H36N2O2/c1-4-5-6-7-17-25-20-11-10-19(18-21(20)24-3)9-8-12-23-15-13-22(2)14-16-23/h10-11,18H,4-9,12-17H2,1-3H3. The van der Waals surface area contributed by atoms with E-state index < -0.39 is 0 Å². The molecule has 2 rings (SSSR count). The Labute approximate surface area is 154 Å². The number of methoxy groups -OCH3 is 1. The van der Waals surface area contributed by atoms with Crippen molar-refractivity contribution in [2.24, 2.45) is 0 Å². The number of unbranched alkanes of at least 4 members (excludes halogenated alkanes) is 3. The van der Waals surface area contributed by atoms with E-state index in [4.69, 9.17) is 9.47 Å². The average molecular weight is 349 g/mol. The van der Waals surface area contributed by atoms with Crippen LogP contribution in [0.5, 0.6) is 11.5 Å². The highest BCUT2D eigenvalue weighted by molar-refractivity contribution is 5.43. The predicted octanol–water partition coefficient (Wildman–Crippen LogP) is 3.83. The normalized spacial score (nSPS) is 16.1. The molecule has 0 atom stereocenters. The van der Waals surface area contributed by atoms with E-state index in [0.717, 1.165) is 30.9 Å². The Balaban J connectivity index is 1.74. The lowest BCUT2D eigenvalue weighted by atomic mass is 10.1. The molecular weight excluding hydrogens is 312 g/mol. The number of benzene rings is 1. The van der Waals surface area contributed by atoms with Gasteiger partial charge in [-0.15, -0.1) is 0 Å². The molecular formula is C21H36N2O2. The van der Waals surface area contributed by atoms with E-state index in [-0.39, 0.29) is 0 Å². The zero-order valence-corrected chi connectivity index (χ0v) is 16.4. The second-order valence-corrected chi connectivity index (χ2v) is 7.14. The SMILES string of the molecule is CCCCCCOc1ccc(CCCN2CCN(C)CC2)cc1OC. The van der Waals surface area contributed by atoms with Crippen molar-refractivity contribution in [3.05, 3.63) is 23.8 Å². The highest BCUT2D eigenvalue weighted by Gasteiger charge is 2.13. The highest BCUT2D eigenvalue weighted by atomic mass is 16.5. The summed E-state index contributed by atoms with van der Waals surface area (Å²) in [6.07, 6.45) is 7.19. The van der Waals surface area contributed by atoms with E-state index in [1.165, 1.54) is 64.0 Å². The van der Waals surface area contributed by atoms with Crippen LogP contribution < -0.4 is 9.47 Å². The van der Waals surface area contributed by atoms with Gasteiger partial charge < -0.3 is 19.3 Å². The van der Waals surface area contributed by atoms with Crippen molar-refractivity contribution >= 4 is 0 Å². The molecule has 1 aromatic rings. The minimum Gasteiger partial charge on any atom is -0.493 e. The topological polar surface area (TPSA) is 24.9 Å². The number of hydrogen-bond acceptors (Lipinski definition) is 4. The molecule has 0 amide bonds. The quantitative estimate of drug-likeness (QED) is 0.567. The van der Waals surface area contributed by atoms with Crippen molar-refractivity contribution in [2.75, 3.05) is 53.5 Å². The number of nitrogens with zero attached hydrogens (tertiary/aromatic N) is 2. The molecule has 0 N–H and O–H groups in total. The maximum absolute atomic E-state index is 5.90. The maximum atomic E-state index is 5.90. The number of aryl methyl sites for hydroxylation is 1. The monoisotopic (exact) mass is 348 g/mol. The molecule has 1 aliphatic rings. The molecule has 0 unspecified atom stereocenters. The Hall–Kier alpha value is -1.26. The van der Waals surface area contributed by atoms with Crippen LogP contribution in [0.4, 0.5) is 0 Å². The zero-order chi connectivity index (χ0) is 17.9. The summed E-state index contributed by atoms with van der Waals surface area (Å²) < 4.78 is 11.4. The van der Waals surface area contributed by atoms with Crippen LogP contribution in [0.25, 0.3) is 0 Å². The highest BCUT2D eigenvalue weighted by Crippen LogP contribution is 2.28. The first-order chi connectivity index (χ1) is 12.2. The number of ether oxygens (including phenoxy) is 2. The molecule has 0 aromatic heterocycles. The number of piperazine rings is 1. The van der Waals surface area contributed by atoms with E-state index in [1.54, 1.807) is 7.11 Å². The third kappa shape index (κ3) is 7.25. The van der Waals surface area contributed by atoms with E-state index in [0.29, 0.717) is 0 Å². The molecule has 0 radical (unpaired) electrons. The van der Waals surface area contributed by atoms with Crippen molar-refractivity contribution in [3.8, 4) is 11.5 Å². The Morgan fingerprint density at radius 2 is 1.76 bits per heavy atom. The van der Waals surface area contributed by atoms with Crippen molar-refractivity contribution in [1.82, 2.24) is 9.80 Å². The van der Waals surface area contributed by atoms with E-state index in [1.807, 2.05) is 0 Å². The minimum absolute atomic E-state index is 0.777. The van der Waals surface area contributed by atoms with Crippen LogP contribution in [0.1, 0.15) is 44.6 Å². The summed E-state index contributed by atoms with van der Waals surface area (Å²) in [5, 5.41) is 0. The van der Waals surface area contributed by atoms with E-state index >= 15 is 0 Å². The summed E-state index contributed by atoms with van der Waals surface area (Å²) in [4.78, 5) is 4.98. The van der Waals surface area contributed by atoms with Crippen molar-refractivity contribution in [2.45, 2.75) is 45.4 Å². The van der Waals surface area contributed by atoms with Crippen LogP contribution in [-0.4, -0.2) is 63.3 Å². The van der Waals surface area contributed by atoms with Gasteiger partial charge in [-0.05, 0) is 50.6 Å². The van der Waals surface area contributed by atoms with Gasteiger partial charge in [-0.25, -0.2) is 0 Å². The first-order valence-corrected chi connectivity index (χ1v) is 9.93. The Bertz CT molecular complexity index is 485. The van der Waals surface area contributed by atoms with Crippen molar-refractivity contribution < 1.29 is 9.47 Å². The number of likely N-dealkylation sites (N-methyl/N-ethyl adjacent to an activating group) is 1. The molecule has 1 aromatic carbocycles. The maximum Gasteiger partial charge on any atom is 0.161 e. The van der Waals surface area contributed by atoms with Gasteiger partial charge in [0.2, 0.25) is 0 Å². The Kier molecular flexibility index (Phi) is 9.12. The summed E-state index contributed by atoms with van der Waals surface area (Å²) in [5.74, 6) is 1.74. The fraction of sp³-hybridized carbons (Fsp3) is 0.714. The average Bonchev–Trinajstić information content (AvgIpc) is 2.64. The van der Waals surface area contributed by atoms with Gasteiger partial charge in [0.25, 0.3) is 0 Å². The van der Waals surface area contributed by atoms with Gasteiger partial charge in [0, 0.05) is 26.2 Å². The molecule has 0 aliphatic carbocycles. The first kappa shape index (κ1) is 20.1. The Morgan fingerprint density at radius 3 is 2.48 bits per heavy atom. The molecule has 1 aliphatic heterocycles. The molecule has 0 saturated carbocycles. The molecule has 4 heteroatoms. The van der Waals surface area contributed by atoms with Crippen LogP contribution in [0, 0.1) is 0 Å². The summed E-state index contributed by atoms with van der Waals surface area (Å²) in [6.45, 7) is 8.97. The van der Waals surface area contributed by atoms with Crippen molar-refractivity contribution in [3.63, 3.8) is 0 Å². The fourth-order valence-corrected chi connectivity index (χ4v) is 3.28. The summed E-state index contributed by atoms with van der Waals surface area (Å²) in [6, 6.07) is 6.41. The van der Waals surface area contributed by atoms with Gasteiger partial charge in [0.05, 0.1) is 13.7 Å². The fourth-order valence-electron chi connectivity index (χ4n) is 3.28. The van der Waals surface area contributed by atoms with Crippen LogP contribution >= 0.6 is 0 Å². The lowest BCUT2D eigenvalue weighted by Gasteiger charge is -2.32. The van der Waals surface area contributed by atoms with Gasteiger partial charge in [-0.1, -0.05) is 32.3 Å². The molecule has 142 valence electrons. The number of rotatable bonds is 11. The molecule has 1 saturated heterocycles. The smallest absolute Gasteiger partial charge is 0.161 e. The van der Waals surface area contributed by atoms with E-state index in [9.17, 15) is 0 Å². The van der Waals surface area contributed by atoms with Crippen LogP contribution in [0.15, 0.2) is 18.2 Å². The van der Waals surface area contributed by atoms with Gasteiger partial charge in [-0.3, -0.25) is 0 Å². The van der Waals surface area contributed by atoms with Gasteiger partial charge >= 0.3 is 0 Å². The number of hydrogen-bond donors (Lipinski definition) is 0. The lowest BCUT2D eigenvalue weighted by molar-refractivity contribution is 0.153. The Morgan fingerprint density at radius 1 is 0.960 bits per heavy atom. The van der Waals surface area contributed by atoms with Gasteiger partial charge in [0.15, 0.2) is 11.5 Å². The molecule has 0 bridgehead atoms. The second-order valence-electron chi connectivity index (χ2n) is 7.14. The van der Waals surface area contributed by atoms with Crippen LogP contribution in [-0.2, 0) is 6.42 Å². The van der Waals surface area contributed by atoms with Crippen LogP contribution in [0.2, 0.25) is 0 Å². The molecule has 0 spiro atoms. The third-order valence-electron chi connectivity index (χ3n) is 5.02. The molecule has 1 heterocycles. The molecule has 1 fully saturated rings. The third-order valence-corrected chi connectivity index (χ3v) is 5.02.